The van der Waals surface area contributed by atoms with Gasteiger partial charge < -0.3 is 10.2 Å². The molecule has 4 aliphatic carbocycles. The lowest BCUT2D eigenvalue weighted by Gasteiger charge is -2.57. The van der Waals surface area contributed by atoms with Crippen molar-refractivity contribution in [2.24, 2.45) is 28.3 Å². The van der Waals surface area contributed by atoms with Crippen LogP contribution in [0.5, 0.6) is 0 Å². The molecule has 1 unspecified atom stereocenters. The van der Waals surface area contributed by atoms with Gasteiger partial charge in [0.05, 0.1) is 16.4 Å². The molecule has 1 aliphatic heterocycles. The minimum absolute atomic E-state index is 0.00774. The van der Waals surface area contributed by atoms with Crippen LogP contribution >= 0.6 is 0 Å². The molecule has 8 nitrogen and oxygen atoms in total. The van der Waals surface area contributed by atoms with Crippen LogP contribution in [0, 0.1) is 23.2 Å². The lowest BCUT2D eigenvalue weighted by atomic mass is 9.49. The highest BCUT2D eigenvalue weighted by molar-refractivity contribution is 7.89. The van der Waals surface area contributed by atoms with Crippen molar-refractivity contribution >= 4 is 27.5 Å². The third-order valence-corrected chi connectivity index (χ3v) is 9.40. The smallest absolute Gasteiger partial charge is 0.241 e. The first kappa shape index (κ1) is 22.8. The van der Waals surface area contributed by atoms with E-state index >= 15 is 0 Å². The van der Waals surface area contributed by atoms with Crippen LogP contribution in [0.15, 0.2) is 29.2 Å². The molecule has 1 saturated heterocycles. The SMILES string of the molecule is CC(C(=O)Nc1ccc(S(N)(=O)=O)cc1)N1CCN(C(=O)C23CC4CC(CC(C4)C2)C3)CC1. The number of nitrogens with zero attached hydrogens (tertiary/aromatic N) is 2. The Hall–Kier alpha value is -1.97. The minimum atomic E-state index is -3.76. The zero-order chi connectivity index (χ0) is 23.4. The Morgan fingerprint density at radius 3 is 1.97 bits per heavy atom. The highest BCUT2D eigenvalue weighted by Crippen LogP contribution is 2.60. The van der Waals surface area contributed by atoms with Gasteiger partial charge in [-0.3, -0.25) is 14.5 Å². The third kappa shape index (κ3) is 4.42. The van der Waals surface area contributed by atoms with Gasteiger partial charge >= 0.3 is 0 Å². The number of hydrogen-bond donors (Lipinski definition) is 2. The molecule has 1 heterocycles. The maximum absolute atomic E-state index is 13.6. The molecule has 0 spiro atoms. The zero-order valence-corrected chi connectivity index (χ0v) is 20.0. The van der Waals surface area contributed by atoms with Gasteiger partial charge in [0, 0.05) is 31.9 Å². The quantitative estimate of drug-likeness (QED) is 0.678. The second-order valence-corrected chi connectivity index (χ2v) is 12.3. The third-order valence-electron chi connectivity index (χ3n) is 8.47. The summed E-state index contributed by atoms with van der Waals surface area (Å²) in [6.45, 7) is 4.56. The van der Waals surface area contributed by atoms with Gasteiger partial charge in [-0.25, -0.2) is 13.6 Å². The van der Waals surface area contributed by atoms with Crippen molar-refractivity contribution in [3.8, 4) is 0 Å². The summed E-state index contributed by atoms with van der Waals surface area (Å²) in [6.07, 6.45) is 7.25. The van der Waals surface area contributed by atoms with Crippen molar-refractivity contribution in [3.05, 3.63) is 24.3 Å². The molecule has 4 saturated carbocycles. The number of sulfonamides is 1. The van der Waals surface area contributed by atoms with Crippen molar-refractivity contribution in [1.29, 1.82) is 0 Å². The van der Waals surface area contributed by atoms with Crippen LogP contribution in [0.3, 0.4) is 0 Å². The first-order valence-electron chi connectivity index (χ1n) is 12.1. The highest BCUT2D eigenvalue weighted by atomic mass is 32.2. The summed E-state index contributed by atoms with van der Waals surface area (Å²) < 4.78 is 22.8. The van der Waals surface area contributed by atoms with Gasteiger partial charge in [-0.1, -0.05) is 0 Å². The van der Waals surface area contributed by atoms with Crippen molar-refractivity contribution in [2.45, 2.75) is 56.4 Å². The molecular weight excluding hydrogens is 440 g/mol. The maximum atomic E-state index is 13.6. The number of carbonyl (C=O) groups excluding carboxylic acids is 2. The number of nitrogens with one attached hydrogen (secondary N) is 1. The van der Waals surface area contributed by atoms with Gasteiger partial charge in [0.1, 0.15) is 0 Å². The number of piperazine rings is 1. The van der Waals surface area contributed by atoms with E-state index in [0.29, 0.717) is 37.8 Å². The molecule has 180 valence electrons. The Kier molecular flexibility index (Phi) is 5.77. The fourth-order valence-corrected chi connectivity index (χ4v) is 7.68. The van der Waals surface area contributed by atoms with Crippen molar-refractivity contribution in [1.82, 2.24) is 9.80 Å². The first-order chi connectivity index (χ1) is 15.6. The number of hydrogen-bond acceptors (Lipinski definition) is 5. The second-order valence-electron chi connectivity index (χ2n) is 10.8. The maximum Gasteiger partial charge on any atom is 0.241 e. The van der Waals surface area contributed by atoms with Crippen LogP contribution in [0.1, 0.15) is 45.4 Å². The molecule has 5 aliphatic rings. The molecule has 0 radical (unpaired) electrons. The molecule has 0 aromatic heterocycles. The van der Waals surface area contributed by atoms with E-state index in [2.05, 4.69) is 15.1 Å². The number of rotatable bonds is 5. The highest BCUT2D eigenvalue weighted by Gasteiger charge is 2.55. The first-order valence-corrected chi connectivity index (χ1v) is 13.6. The van der Waals surface area contributed by atoms with Crippen LogP contribution in [0.2, 0.25) is 0 Å². The van der Waals surface area contributed by atoms with Crippen LogP contribution < -0.4 is 10.5 Å². The van der Waals surface area contributed by atoms with Crippen LogP contribution in [0.4, 0.5) is 5.69 Å². The van der Waals surface area contributed by atoms with E-state index in [9.17, 15) is 18.0 Å². The molecule has 1 aromatic rings. The normalized spacial score (nSPS) is 32.5. The average molecular weight is 475 g/mol. The predicted molar refractivity (Wildman–Crippen MR) is 125 cm³/mol. The van der Waals surface area contributed by atoms with Crippen LogP contribution in [0.25, 0.3) is 0 Å². The number of amides is 2. The second kappa shape index (κ2) is 8.36. The minimum Gasteiger partial charge on any atom is -0.340 e. The number of nitrogens with two attached hydrogens (primary N) is 1. The fraction of sp³-hybridized carbons (Fsp3) is 0.667. The van der Waals surface area contributed by atoms with E-state index in [0.717, 1.165) is 37.0 Å². The summed E-state index contributed by atoms with van der Waals surface area (Å²) in [4.78, 5) is 30.5. The van der Waals surface area contributed by atoms with Crippen molar-refractivity contribution in [2.75, 3.05) is 31.5 Å². The van der Waals surface area contributed by atoms with E-state index in [1.54, 1.807) is 0 Å². The Labute approximate surface area is 195 Å². The zero-order valence-electron chi connectivity index (χ0n) is 19.2. The molecule has 3 N–H and O–H groups in total. The average Bonchev–Trinajstić information content (AvgIpc) is 2.77. The topological polar surface area (TPSA) is 113 Å². The van der Waals surface area contributed by atoms with E-state index in [4.69, 9.17) is 5.14 Å². The fourth-order valence-electron chi connectivity index (χ4n) is 7.16. The molecule has 6 rings (SSSR count). The molecular formula is C24H34N4O4S. The molecule has 1 aromatic carbocycles. The monoisotopic (exact) mass is 474 g/mol. The summed E-state index contributed by atoms with van der Waals surface area (Å²) in [7, 11) is -3.76. The Bertz CT molecular complexity index is 996. The lowest BCUT2D eigenvalue weighted by molar-refractivity contribution is -0.159. The number of benzene rings is 1. The van der Waals surface area contributed by atoms with Gasteiger partial charge in [-0.15, -0.1) is 0 Å². The van der Waals surface area contributed by atoms with E-state index < -0.39 is 10.0 Å². The molecule has 2 amide bonds. The largest absolute Gasteiger partial charge is 0.340 e. The van der Waals surface area contributed by atoms with E-state index in [1.165, 1.54) is 43.5 Å². The van der Waals surface area contributed by atoms with Gasteiger partial charge in [0.15, 0.2) is 0 Å². The summed E-state index contributed by atoms with van der Waals surface area (Å²) in [6, 6.07) is 5.48. The standard InChI is InChI=1S/C24H34N4O4S/c1-16(22(29)26-20-2-4-21(5-3-20)33(25,31)32)27-6-8-28(9-7-27)23(30)24-13-17-10-18(14-24)12-19(11-17)15-24/h2-5,16-19H,6-15H2,1H3,(H,26,29)(H2,25,31,32). The summed E-state index contributed by atoms with van der Waals surface area (Å²) in [5.74, 6) is 2.48. The van der Waals surface area contributed by atoms with Gasteiger partial charge in [-0.2, -0.15) is 0 Å². The van der Waals surface area contributed by atoms with E-state index in [1.807, 2.05) is 6.92 Å². The number of carbonyl (C=O) groups is 2. The predicted octanol–water partition coefficient (Wildman–Crippen LogP) is 2.02. The van der Waals surface area contributed by atoms with Gasteiger partial charge in [-0.05, 0) is 87.5 Å². The van der Waals surface area contributed by atoms with Crippen molar-refractivity contribution < 1.29 is 18.0 Å². The van der Waals surface area contributed by atoms with Crippen LogP contribution in [-0.4, -0.2) is 62.3 Å². The molecule has 33 heavy (non-hydrogen) atoms. The van der Waals surface area contributed by atoms with Crippen molar-refractivity contribution in [3.63, 3.8) is 0 Å². The van der Waals surface area contributed by atoms with E-state index in [-0.39, 0.29) is 22.3 Å². The molecule has 1 atom stereocenters. The Morgan fingerprint density at radius 2 is 1.48 bits per heavy atom. The molecule has 9 heteroatoms. The molecule has 5 fully saturated rings. The Morgan fingerprint density at radius 1 is 0.970 bits per heavy atom. The summed E-state index contributed by atoms with van der Waals surface area (Å²) >= 11 is 0. The number of anilines is 1. The summed E-state index contributed by atoms with van der Waals surface area (Å²) in [5.41, 5.74) is 0.415. The van der Waals surface area contributed by atoms with Gasteiger partial charge in [0.2, 0.25) is 21.8 Å². The van der Waals surface area contributed by atoms with Crippen LogP contribution in [-0.2, 0) is 19.6 Å². The van der Waals surface area contributed by atoms with Gasteiger partial charge in [0.25, 0.3) is 0 Å². The Balaban J connectivity index is 1.15. The lowest BCUT2D eigenvalue weighted by Crippen LogP contribution is -2.59. The number of primary sulfonamides is 1. The summed E-state index contributed by atoms with van der Waals surface area (Å²) in [5, 5.41) is 7.96. The molecule has 4 bridgehead atoms.